The van der Waals surface area contributed by atoms with E-state index in [9.17, 15) is 9.59 Å². The van der Waals surface area contributed by atoms with E-state index in [1.807, 2.05) is 0 Å². The predicted octanol–water partition coefficient (Wildman–Crippen LogP) is 3.10. The molecule has 0 saturated heterocycles. The first-order valence-corrected chi connectivity index (χ1v) is 9.44. The largest absolute Gasteiger partial charge is 0.462 e. The maximum Gasteiger partial charge on any atom is 0.341 e. The predicted molar refractivity (Wildman–Crippen MR) is 100 cm³/mol. The Morgan fingerprint density at radius 1 is 1.23 bits per heavy atom. The van der Waals surface area contributed by atoms with Gasteiger partial charge in [-0.2, -0.15) is 0 Å². The van der Waals surface area contributed by atoms with E-state index < -0.39 is 5.97 Å². The maximum atomic E-state index is 12.2. The fraction of sp³-hybridized carbons (Fsp3) is 0.188. The molecule has 134 valence electrons. The molecule has 0 bridgehead atoms. The number of anilines is 3. The highest BCUT2D eigenvalue weighted by molar-refractivity contribution is 7.14. The van der Waals surface area contributed by atoms with E-state index in [1.54, 1.807) is 42.2 Å². The van der Waals surface area contributed by atoms with Crippen molar-refractivity contribution in [3.05, 3.63) is 46.5 Å². The normalized spacial score (nSPS) is 10.3. The number of hydrogen-bond acceptors (Lipinski definition) is 9. The fourth-order valence-corrected chi connectivity index (χ4v) is 3.51. The third-order valence-electron chi connectivity index (χ3n) is 3.09. The Kier molecular flexibility index (Phi) is 5.87. The van der Waals surface area contributed by atoms with Crippen LogP contribution in [0.2, 0.25) is 0 Å². The molecule has 3 aromatic rings. The molecule has 0 aliphatic carbocycles. The average molecular weight is 389 g/mol. The highest BCUT2D eigenvalue weighted by Gasteiger charge is 2.17. The number of esters is 1. The monoisotopic (exact) mass is 389 g/mol. The highest BCUT2D eigenvalue weighted by Crippen LogP contribution is 2.25. The summed E-state index contributed by atoms with van der Waals surface area (Å²) in [5, 5.41) is 10.3. The van der Waals surface area contributed by atoms with Gasteiger partial charge < -0.3 is 15.4 Å². The van der Waals surface area contributed by atoms with Crippen LogP contribution in [0.4, 0.5) is 16.1 Å². The number of carbonyl (C=O) groups excluding carboxylic acids is 2. The Labute approximate surface area is 157 Å². The van der Waals surface area contributed by atoms with Crippen LogP contribution in [0.25, 0.3) is 0 Å². The lowest BCUT2D eigenvalue weighted by Gasteiger charge is -2.05. The van der Waals surface area contributed by atoms with E-state index in [4.69, 9.17) is 4.74 Å². The third-order valence-corrected chi connectivity index (χ3v) is 4.73. The topological polar surface area (TPSA) is 106 Å². The molecular weight excluding hydrogens is 374 g/mol. The highest BCUT2D eigenvalue weighted by atomic mass is 32.1. The second-order valence-electron chi connectivity index (χ2n) is 4.95. The summed E-state index contributed by atoms with van der Waals surface area (Å²) in [6.07, 6.45) is 3.34. The number of aromatic nitrogens is 3. The summed E-state index contributed by atoms with van der Waals surface area (Å²) in [6, 6.07) is 3.35. The number of carbonyl (C=O) groups is 2. The molecule has 0 atom stereocenters. The summed E-state index contributed by atoms with van der Waals surface area (Å²) in [4.78, 5) is 36.5. The van der Waals surface area contributed by atoms with Gasteiger partial charge in [0.2, 0.25) is 11.9 Å². The van der Waals surface area contributed by atoms with Crippen LogP contribution in [0.5, 0.6) is 0 Å². The Morgan fingerprint density at radius 2 is 2.04 bits per heavy atom. The molecule has 0 spiro atoms. The second-order valence-corrected chi connectivity index (χ2v) is 6.72. The molecule has 3 rings (SSSR count). The van der Waals surface area contributed by atoms with Crippen LogP contribution in [0, 0.1) is 0 Å². The molecule has 0 aliphatic heterocycles. The van der Waals surface area contributed by atoms with E-state index in [0.717, 1.165) is 0 Å². The van der Waals surface area contributed by atoms with Gasteiger partial charge in [0.05, 0.1) is 24.3 Å². The first kappa shape index (κ1) is 18.0. The zero-order valence-electron chi connectivity index (χ0n) is 13.8. The van der Waals surface area contributed by atoms with E-state index >= 15 is 0 Å². The first-order chi connectivity index (χ1) is 12.7. The van der Waals surface area contributed by atoms with Crippen molar-refractivity contribution in [2.75, 3.05) is 17.2 Å². The molecule has 2 N–H and O–H groups in total. The number of hydrogen-bond donors (Lipinski definition) is 2. The molecular formula is C16H15N5O3S2. The van der Waals surface area contributed by atoms with Gasteiger partial charge in [-0.25, -0.2) is 19.7 Å². The summed E-state index contributed by atoms with van der Waals surface area (Å²) in [7, 11) is 0. The van der Waals surface area contributed by atoms with Crippen LogP contribution in [-0.4, -0.2) is 33.4 Å². The van der Waals surface area contributed by atoms with Gasteiger partial charge >= 0.3 is 5.97 Å². The van der Waals surface area contributed by atoms with Crippen LogP contribution < -0.4 is 10.6 Å². The number of nitrogens with one attached hydrogen (secondary N) is 2. The molecule has 0 fully saturated rings. The van der Waals surface area contributed by atoms with Gasteiger partial charge in [0.1, 0.15) is 5.00 Å². The molecule has 3 aromatic heterocycles. The van der Waals surface area contributed by atoms with Crippen LogP contribution in [-0.2, 0) is 16.0 Å². The molecule has 0 aliphatic rings. The number of amides is 1. The smallest absolute Gasteiger partial charge is 0.341 e. The molecule has 10 heteroatoms. The molecule has 8 nitrogen and oxygen atoms in total. The molecule has 1 amide bonds. The number of nitrogens with zero attached hydrogens (tertiary/aromatic N) is 3. The summed E-state index contributed by atoms with van der Waals surface area (Å²) < 4.78 is 4.97. The van der Waals surface area contributed by atoms with E-state index in [2.05, 4.69) is 25.6 Å². The fourth-order valence-electron chi connectivity index (χ4n) is 2.02. The van der Waals surface area contributed by atoms with Crippen molar-refractivity contribution in [3.8, 4) is 0 Å². The second kappa shape index (κ2) is 8.50. The SMILES string of the molecule is CCOC(=O)c1ccsc1NC(=O)Cc1csc(Nc2ncccn2)n1. The Morgan fingerprint density at radius 3 is 2.81 bits per heavy atom. The minimum absolute atomic E-state index is 0.0913. The van der Waals surface area contributed by atoms with Crippen molar-refractivity contribution in [2.45, 2.75) is 13.3 Å². The van der Waals surface area contributed by atoms with Crippen molar-refractivity contribution >= 4 is 50.6 Å². The zero-order chi connectivity index (χ0) is 18.4. The van der Waals surface area contributed by atoms with Gasteiger partial charge in [-0.3, -0.25) is 4.79 Å². The van der Waals surface area contributed by atoms with Gasteiger partial charge in [-0.1, -0.05) is 0 Å². The third kappa shape index (κ3) is 4.61. The van der Waals surface area contributed by atoms with Crippen LogP contribution >= 0.6 is 22.7 Å². The summed E-state index contributed by atoms with van der Waals surface area (Å²) in [5.41, 5.74) is 0.965. The van der Waals surface area contributed by atoms with Gasteiger partial charge in [-0.15, -0.1) is 22.7 Å². The molecule has 0 aromatic carbocycles. The van der Waals surface area contributed by atoms with Gasteiger partial charge in [0, 0.05) is 17.8 Å². The van der Waals surface area contributed by atoms with Crippen molar-refractivity contribution in [1.29, 1.82) is 0 Å². The Bertz CT molecular complexity index is 894. The van der Waals surface area contributed by atoms with Crippen LogP contribution in [0.15, 0.2) is 35.3 Å². The van der Waals surface area contributed by atoms with Gasteiger partial charge in [-0.05, 0) is 24.4 Å². The van der Waals surface area contributed by atoms with E-state index in [-0.39, 0.29) is 18.9 Å². The summed E-state index contributed by atoms with van der Waals surface area (Å²) in [5.74, 6) is -0.270. The average Bonchev–Trinajstić information content (AvgIpc) is 3.25. The van der Waals surface area contributed by atoms with Gasteiger partial charge in [0.15, 0.2) is 5.13 Å². The van der Waals surface area contributed by atoms with Crippen molar-refractivity contribution < 1.29 is 14.3 Å². The van der Waals surface area contributed by atoms with Crippen molar-refractivity contribution in [1.82, 2.24) is 15.0 Å². The molecule has 3 heterocycles. The number of thiophene rings is 1. The molecule has 0 saturated carbocycles. The number of thiazole rings is 1. The zero-order valence-corrected chi connectivity index (χ0v) is 15.4. The van der Waals surface area contributed by atoms with Gasteiger partial charge in [0.25, 0.3) is 0 Å². The number of ether oxygens (including phenoxy) is 1. The van der Waals surface area contributed by atoms with E-state index in [1.165, 1.54) is 22.7 Å². The van der Waals surface area contributed by atoms with Crippen molar-refractivity contribution in [3.63, 3.8) is 0 Å². The molecule has 26 heavy (non-hydrogen) atoms. The lowest BCUT2D eigenvalue weighted by molar-refractivity contribution is -0.115. The Balaban J connectivity index is 1.59. The Hall–Kier alpha value is -2.85. The molecule has 0 unspecified atom stereocenters. The maximum absolute atomic E-state index is 12.2. The first-order valence-electron chi connectivity index (χ1n) is 7.68. The quantitative estimate of drug-likeness (QED) is 0.598. The van der Waals surface area contributed by atoms with Crippen LogP contribution in [0.1, 0.15) is 23.0 Å². The number of rotatable bonds is 7. The lowest BCUT2D eigenvalue weighted by atomic mass is 10.3. The van der Waals surface area contributed by atoms with Crippen molar-refractivity contribution in [2.24, 2.45) is 0 Å². The van der Waals surface area contributed by atoms with Crippen LogP contribution in [0.3, 0.4) is 0 Å². The summed E-state index contributed by atoms with van der Waals surface area (Å²) >= 11 is 2.63. The standard InChI is InChI=1S/C16H15N5O3S2/c1-2-24-14(23)11-4-7-25-13(11)20-12(22)8-10-9-26-16(19-10)21-15-17-5-3-6-18-15/h3-7,9H,2,8H2,1H3,(H,20,22)(H,17,18,19,21). The van der Waals surface area contributed by atoms with E-state index in [0.29, 0.717) is 27.3 Å². The minimum Gasteiger partial charge on any atom is -0.462 e. The minimum atomic E-state index is -0.452. The summed E-state index contributed by atoms with van der Waals surface area (Å²) in [6.45, 7) is 2.01. The molecule has 0 radical (unpaired) electrons. The lowest BCUT2D eigenvalue weighted by Crippen LogP contribution is -2.16.